The van der Waals surface area contributed by atoms with Crippen molar-refractivity contribution in [3.63, 3.8) is 0 Å². The number of urea groups is 1. The quantitative estimate of drug-likeness (QED) is 0.454. The molecule has 1 fully saturated rings. The minimum absolute atomic E-state index is 0.221. The third-order valence-electron chi connectivity index (χ3n) is 6.60. The molecule has 188 valence electrons. The van der Waals surface area contributed by atoms with Crippen LogP contribution in [0.15, 0.2) is 71.8 Å². The molecule has 0 atom stereocenters. The predicted octanol–water partition coefficient (Wildman–Crippen LogP) is 3.49. The minimum Gasteiger partial charge on any atom is -0.355 e. The number of aryl methyl sites for hydroxylation is 1. The van der Waals surface area contributed by atoms with Crippen LogP contribution in [0.5, 0.6) is 0 Å². The second-order valence-corrected chi connectivity index (χ2v) is 8.74. The predicted molar refractivity (Wildman–Crippen MR) is 139 cm³/mol. The lowest BCUT2D eigenvalue weighted by Crippen LogP contribution is -2.32. The van der Waals surface area contributed by atoms with Gasteiger partial charge in [0.1, 0.15) is 12.1 Å². The van der Waals surface area contributed by atoms with Crippen LogP contribution in [0.1, 0.15) is 15.9 Å². The van der Waals surface area contributed by atoms with Crippen LogP contribution >= 0.6 is 0 Å². The highest BCUT2D eigenvalue weighted by atomic mass is 19.1. The molecular formula is C27H25FN6O3. The smallest absolute Gasteiger partial charge is 0.350 e. The van der Waals surface area contributed by atoms with Crippen molar-refractivity contribution in [3.8, 4) is 16.8 Å². The first-order chi connectivity index (χ1) is 17.8. The van der Waals surface area contributed by atoms with Gasteiger partial charge in [0.25, 0.3) is 5.91 Å². The molecule has 0 bridgehead atoms. The largest absolute Gasteiger partial charge is 0.355 e. The Morgan fingerprint density at radius 3 is 2.41 bits per heavy atom. The van der Waals surface area contributed by atoms with E-state index >= 15 is 4.39 Å². The third-order valence-corrected chi connectivity index (χ3v) is 6.60. The Kier molecular flexibility index (Phi) is 6.08. The number of carbonyl (C=O) groups excluding carboxylic acids is 2. The zero-order valence-corrected chi connectivity index (χ0v) is 20.6. The lowest BCUT2D eigenvalue weighted by Gasteiger charge is -2.22. The van der Waals surface area contributed by atoms with Crippen LogP contribution < -0.4 is 20.8 Å². The second-order valence-electron chi connectivity index (χ2n) is 8.74. The second kappa shape index (κ2) is 9.38. The van der Waals surface area contributed by atoms with Crippen LogP contribution in [0, 0.1) is 12.7 Å². The molecule has 3 aromatic carbocycles. The van der Waals surface area contributed by atoms with Crippen molar-refractivity contribution >= 4 is 23.3 Å². The van der Waals surface area contributed by atoms with Gasteiger partial charge in [0, 0.05) is 49.7 Å². The van der Waals surface area contributed by atoms with E-state index in [4.69, 9.17) is 0 Å². The standard InChI is InChI=1S/C27H25FN6O3/c1-17-21(22-11-10-20(15-23(22)28)34-16-30-31(3)26(34)36)8-5-9-24(17)33-13-12-32(27(33)37)19-7-4-6-18(14-19)25(35)29-2/h4-11,14-16H,12-13H2,1-3H3,(H,29,35). The Bertz CT molecular complexity index is 1590. The third kappa shape index (κ3) is 4.16. The summed E-state index contributed by atoms with van der Waals surface area (Å²) >= 11 is 0. The van der Waals surface area contributed by atoms with E-state index in [1.807, 2.05) is 13.0 Å². The van der Waals surface area contributed by atoms with E-state index in [0.717, 1.165) is 5.56 Å². The molecular weight excluding hydrogens is 475 g/mol. The molecule has 2 heterocycles. The molecule has 1 aromatic heterocycles. The summed E-state index contributed by atoms with van der Waals surface area (Å²) in [5, 5.41) is 6.50. The molecule has 37 heavy (non-hydrogen) atoms. The van der Waals surface area contributed by atoms with Crippen molar-refractivity contribution in [1.82, 2.24) is 19.7 Å². The summed E-state index contributed by atoms with van der Waals surface area (Å²) in [7, 11) is 3.08. The molecule has 0 aliphatic carbocycles. The van der Waals surface area contributed by atoms with Crippen molar-refractivity contribution in [2.24, 2.45) is 7.05 Å². The number of halogens is 1. The zero-order valence-electron chi connectivity index (χ0n) is 20.6. The van der Waals surface area contributed by atoms with Crippen LogP contribution in [-0.4, -0.2) is 46.4 Å². The first-order valence-corrected chi connectivity index (χ1v) is 11.7. The fraction of sp³-hybridized carbons (Fsp3) is 0.185. The van der Waals surface area contributed by atoms with Crippen molar-refractivity contribution in [3.05, 3.63) is 94.4 Å². The Balaban J connectivity index is 1.45. The molecule has 1 saturated heterocycles. The fourth-order valence-electron chi connectivity index (χ4n) is 4.60. The zero-order chi connectivity index (χ0) is 26.3. The number of nitrogens with one attached hydrogen (secondary N) is 1. The van der Waals surface area contributed by atoms with Gasteiger partial charge in [0.15, 0.2) is 0 Å². The number of hydrogen-bond donors (Lipinski definition) is 1. The lowest BCUT2D eigenvalue weighted by molar-refractivity contribution is 0.0963. The van der Waals surface area contributed by atoms with E-state index in [2.05, 4.69) is 10.4 Å². The highest BCUT2D eigenvalue weighted by Crippen LogP contribution is 2.35. The first-order valence-electron chi connectivity index (χ1n) is 11.7. The van der Waals surface area contributed by atoms with Gasteiger partial charge in [-0.2, -0.15) is 5.10 Å². The van der Waals surface area contributed by atoms with Crippen LogP contribution in [-0.2, 0) is 7.05 Å². The van der Waals surface area contributed by atoms with Crippen molar-refractivity contribution in [2.75, 3.05) is 29.9 Å². The van der Waals surface area contributed by atoms with Gasteiger partial charge in [0.2, 0.25) is 0 Å². The number of nitrogens with zero attached hydrogens (tertiary/aromatic N) is 5. The van der Waals surface area contributed by atoms with Crippen LogP contribution in [0.25, 0.3) is 16.8 Å². The molecule has 1 N–H and O–H groups in total. The van der Waals surface area contributed by atoms with Crippen molar-refractivity contribution in [1.29, 1.82) is 0 Å². The monoisotopic (exact) mass is 500 g/mol. The molecule has 0 saturated carbocycles. The summed E-state index contributed by atoms with van der Waals surface area (Å²) in [6, 6.07) is 16.7. The Morgan fingerprint density at radius 1 is 0.946 bits per heavy atom. The number of amides is 3. The molecule has 3 amide bonds. The summed E-state index contributed by atoms with van der Waals surface area (Å²) in [5.74, 6) is -0.718. The van der Waals surface area contributed by atoms with Gasteiger partial charge >= 0.3 is 11.7 Å². The normalized spacial score (nSPS) is 13.4. The first kappa shape index (κ1) is 24.0. The topological polar surface area (TPSA) is 92.5 Å². The molecule has 1 aliphatic heterocycles. The van der Waals surface area contributed by atoms with Crippen molar-refractivity contribution in [2.45, 2.75) is 6.92 Å². The van der Waals surface area contributed by atoms with Crippen molar-refractivity contribution < 1.29 is 14.0 Å². The molecule has 1 aliphatic rings. The van der Waals surface area contributed by atoms with Crippen LogP contribution in [0.3, 0.4) is 0 Å². The molecule has 0 unspecified atom stereocenters. The summed E-state index contributed by atoms with van der Waals surface area (Å²) in [6.45, 7) is 2.74. The average Bonchev–Trinajstić information content (AvgIpc) is 3.45. The van der Waals surface area contributed by atoms with E-state index in [0.29, 0.717) is 46.8 Å². The van der Waals surface area contributed by atoms with Gasteiger partial charge in [-0.05, 0) is 60.5 Å². The SMILES string of the molecule is CNC(=O)c1cccc(N2CCN(c3cccc(-c4ccc(-n5cnn(C)c5=O)cc4F)c3C)C2=O)c1. The van der Waals surface area contributed by atoms with Gasteiger partial charge in [-0.1, -0.05) is 18.2 Å². The van der Waals surface area contributed by atoms with E-state index in [-0.39, 0.29) is 17.6 Å². The van der Waals surface area contributed by atoms with Gasteiger partial charge in [-0.15, -0.1) is 0 Å². The fourth-order valence-corrected chi connectivity index (χ4v) is 4.60. The maximum absolute atomic E-state index is 15.3. The van der Waals surface area contributed by atoms with E-state index < -0.39 is 5.82 Å². The maximum atomic E-state index is 15.3. The van der Waals surface area contributed by atoms with Crippen LogP contribution in [0.2, 0.25) is 0 Å². The molecule has 0 spiro atoms. The molecule has 9 nitrogen and oxygen atoms in total. The molecule has 0 radical (unpaired) electrons. The molecule has 5 rings (SSSR count). The number of hydrogen-bond acceptors (Lipinski definition) is 4. The summed E-state index contributed by atoms with van der Waals surface area (Å²) in [5.41, 5.74) is 3.54. The van der Waals surface area contributed by atoms with Gasteiger partial charge in [0.05, 0.1) is 5.69 Å². The van der Waals surface area contributed by atoms with E-state index in [9.17, 15) is 14.4 Å². The minimum atomic E-state index is -0.492. The Morgan fingerprint density at radius 2 is 1.70 bits per heavy atom. The molecule has 10 heteroatoms. The average molecular weight is 501 g/mol. The van der Waals surface area contributed by atoms with Gasteiger partial charge < -0.3 is 5.32 Å². The number of benzene rings is 3. The van der Waals surface area contributed by atoms with Crippen LogP contribution in [0.4, 0.5) is 20.6 Å². The molecule has 4 aromatic rings. The summed E-state index contributed by atoms with van der Waals surface area (Å²) in [6.07, 6.45) is 1.34. The van der Waals surface area contributed by atoms with Gasteiger partial charge in [-0.3, -0.25) is 14.6 Å². The van der Waals surface area contributed by atoms with E-state index in [1.165, 1.54) is 28.7 Å². The maximum Gasteiger partial charge on any atom is 0.350 e. The van der Waals surface area contributed by atoms with E-state index in [1.54, 1.807) is 65.4 Å². The van der Waals surface area contributed by atoms with Gasteiger partial charge in [-0.25, -0.2) is 23.2 Å². The summed E-state index contributed by atoms with van der Waals surface area (Å²) in [4.78, 5) is 40.9. The number of carbonyl (C=O) groups is 2. The summed E-state index contributed by atoms with van der Waals surface area (Å²) < 4.78 is 17.7. The lowest BCUT2D eigenvalue weighted by atomic mass is 9.98. The highest BCUT2D eigenvalue weighted by Gasteiger charge is 2.32. The number of aromatic nitrogens is 3. The Hall–Kier alpha value is -4.73. The number of rotatable bonds is 5. The Labute approximate surface area is 212 Å². The highest BCUT2D eigenvalue weighted by molar-refractivity contribution is 6.07. The number of anilines is 2.